The van der Waals surface area contributed by atoms with Crippen LogP contribution in [0.1, 0.15) is 23.2 Å². The maximum absolute atomic E-state index is 12.5. The molecule has 1 amide bonds. The minimum absolute atomic E-state index is 0.0432. The molecule has 0 aromatic carbocycles. The van der Waals surface area contributed by atoms with Gasteiger partial charge in [0.25, 0.3) is 5.91 Å². The molecule has 1 saturated heterocycles. The fraction of sp³-hybridized carbons (Fsp3) is 0.438. The van der Waals surface area contributed by atoms with Crippen molar-refractivity contribution in [2.45, 2.75) is 18.9 Å². The molecule has 7 heteroatoms. The van der Waals surface area contributed by atoms with Crippen LogP contribution in [0.25, 0.3) is 0 Å². The highest BCUT2D eigenvalue weighted by molar-refractivity contribution is 9.10. The second kappa shape index (κ2) is 6.70. The topological polar surface area (TPSA) is 54.3 Å². The van der Waals surface area contributed by atoms with Gasteiger partial charge in [-0.1, -0.05) is 0 Å². The molecule has 0 aliphatic carbocycles. The first-order chi connectivity index (χ1) is 11.1. The third kappa shape index (κ3) is 3.39. The number of pyridine rings is 1. The SMILES string of the molecule is CN(C(=O)c1cnn(C)c1)C1CCN(c2ccncc2Br)CC1. The Hall–Kier alpha value is -1.89. The van der Waals surface area contributed by atoms with Gasteiger partial charge in [0.05, 0.1) is 21.9 Å². The van der Waals surface area contributed by atoms with Crippen molar-refractivity contribution < 1.29 is 4.79 Å². The predicted molar refractivity (Wildman–Crippen MR) is 92.5 cm³/mol. The number of anilines is 1. The van der Waals surface area contributed by atoms with Gasteiger partial charge in [0.1, 0.15) is 0 Å². The molecule has 2 aromatic rings. The third-order valence-corrected chi connectivity index (χ3v) is 4.99. The number of rotatable bonds is 3. The summed E-state index contributed by atoms with van der Waals surface area (Å²) in [7, 11) is 3.71. The molecule has 0 radical (unpaired) electrons. The lowest BCUT2D eigenvalue weighted by molar-refractivity contribution is 0.0709. The third-order valence-electron chi connectivity index (χ3n) is 4.38. The first-order valence-corrected chi connectivity index (χ1v) is 8.46. The second-order valence-electron chi connectivity index (χ2n) is 5.86. The van der Waals surface area contributed by atoms with Gasteiger partial charge in [-0.2, -0.15) is 5.10 Å². The Bertz CT molecular complexity index is 693. The zero-order chi connectivity index (χ0) is 16.4. The highest BCUT2D eigenvalue weighted by Crippen LogP contribution is 2.28. The Balaban J connectivity index is 1.62. The van der Waals surface area contributed by atoms with Crippen molar-refractivity contribution in [1.82, 2.24) is 19.7 Å². The Labute approximate surface area is 144 Å². The first kappa shape index (κ1) is 16.0. The molecule has 1 aliphatic rings. The van der Waals surface area contributed by atoms with Crippen LogP contribution in [-0.2, 0) is 7.05 Å². The molecule has 1 aliphatic heterocycles. The van der Waals surface area contributed by atoms with Crippen molar-refractivity contribution >= 4 is 27.5 Å². The van der Waals surface area contributed by atoms with E-state index in [-0.39, 0.29) is 11.9 Å². The van der Waals surface area contributed by atoms with Crippen LogP contribution < -0.4 is 4.90 Å². The zero-order valence-electron chi connectivity index (χ0n) is 13.3. The summed E-state index contributed by atoms with van der Waals surface area (Å²) < 4.78 is 2.67. The molecule has 0 unspecified atom stereocenters. The van der Waals surface area contributed by atoms with Crippen LogP contribution >= 0.6 is 15.9 Å². The maximum atomic E-state index is 12.5. The van der Waals surface area contributed by atoms with E-state index >= 15 is 0 Å². The molecule has 3 heterocycles. The minimum Gasteiger partial charge on any atom is -0.370 e. The summed E-state index contributed by atoms with van der Waals surface area (Å²) in [4.78, 5) is 20.8. The van der Waals surface area contributed by atoms with Crippen LogP contribution in [0.4, 0.5) is 5.69 Å². The van der Waals surface area contributed by atoms with E-state index in [1.165, 1.54) is 5.69 Å². The molecule has 2 aromatic heterocycles. The molecule has 0 atom stereocenters. The summed E-state index contributed by atoms with van der Waals surface area (Å²) in [6.07, 6.45) is 8.93. The molecule has 23 heavy (non-hydrogen) atoms. The number of halogens is 1. The summed E-state index contributed by atoms with van der Waals surface area (Å²) in [5.41, 5.74) is 1.81. The van der Waals surface area contributed by atoms with Crippen LogP contribution in [-0.4, -0.2) is 51.8 Å². The van der Waals surface area contributed by atoms with E-state index in [0.717, 1.165) is 30.4 Å². The molecule has 0 saturated carbocycles. The van der Waals surface area contributed by atoms with Gasteiger partial charge in [0.2, 0.25) is 0 Å². The van der Waals surface area contributed by atoms with Crippen molar-refractivity contribution in [2.75, 3.05) is 25.0 Å². The van der Waals surface area contributed by atoms with Crippen molar-refractivity contribution in [3.63, 3.8) is 0 Å². The van der Waals surface area contributed by atoms with E-state index in [0.29, 0.717) is 5.56 Å². The molecule has 6 nitrogen and oxygen atoms in total. The maximum Gasteiger partial charge on any atom is 0.257 e. The molecule has 122 valence electrons. The van der Waals surface area contributed by atoms with Gasteiger partial charge in [-0.05, 0) is 34.8 Å². The van der Waals surface area contributed by atoms with Crippen LogP contribution in [0, 0.1) is 0 Å². The van der Waals surface area contributed by atoms with Crippen molar-refractivity contribution in [3.8, 4) is 0 Å². The standard InChI is InChI=1S/C16H20BrN5O/c1-20-11-12(9-19-20)16(23)21(2)13-4-7-22(8-5-13)15-3-6-18-10-14(15)17/h3,6,9-11,13H,4-5,7-8H2,1-2H3. The lowest BCUT2D eigenvalue weighted by Gasteiger charge is -2.38. The van der Waals surface area contributed by atoms with E-state index < -0.39 is 0 Å². The second-order valence-corrected chi connectivity index (χ2v) is 6.72. The number of piperidine rings is 1. The fourth-order valence-electron chi connectivity index (χ4n) is 3.02. The highest BCUT2D eigenvalue weighted by Gasteiger charge is 2.27. The van der Waals surface area contributed by atoms with Gasteiger partial charge >= 0.3 is 0 Å². The number of aromatic nitrogens is 3. The Morgan fingerprint density at radius 3 is 2.70 bits per heavy atom. The van der Waals surface area contributed by atoms with Crippen LogP contribution in [0.3, 0.4) is 0 Å². The molecular formula is C16H20BrN5O. The van der Waals surface area contributed by atoms with Gasteiger partial charge in [0.15, 0.2) is 0 Å². The Morgan fingerprint density at radius 1 is 1.35 bits per heavy atom. The van der Waals surface area contributed by atoms with Crippen LogP contribution in [0.15, 0.2) is 35.3 Å². The van der Waals surface area contributed by atoms with Crippen LogP contribution in [0.5, 0.6) is 0 Å². The van der Waals surface area contributed by atoms with Gasteiger partial charge in [-0.25, -0.2) is 0 Å². The average molecular weight is 378 g/mol. The number of aryl methyl sites for hydroxylation is 1. The summed E-state index contributed by atoms with van der Waals surface area (Å²) in [5.74, 6) is 0.0432. The number of hydrogen-bond acceptors (Lipinski definition) is 4. The predicted octanol–water partition coefficient (Wildman–Crippen LogP) is 2.32. The lowest BCUT2D eigenvalue weighted by atomic mass is 10.0. The summed E-state index contributed by atoms with van der Waals surface area (Å²) in [6.45, 7) is 1.86. The molecular weight excluding hydrogens is 358 g/mol. The zero-order valence-corrected chi connectivity index (χ0v) is 14.9. The molecule has 1 fully saturated rings. The molecule has 0 bridgehead atoms. The monoisotopic (exact) mass is 377 g/mol. The smallest absolute Gasteiger partial charge is 0.257 e. The summed E-state index contributed by atoms with van der Waals surface area (Å²) in [6, 6.07) is 2.29. The number of nitrogens with zero attached hydrogens (tertiary/aromatic N) is 5. The van der Waals surface area contributed by atoms with Gasteiger partial charge in [-0.15, -0.1) is 0 Å². The molecule has 3 rings (SSSR count). The summed E-state index contributed by atoms with van der Waals surface area (Å²) >= 11 is 3.55. The first-order valence-electron chi connectivity index (χ1n) is 7.66. The quantitative estimate of drug-likeness (QED) is 0.823. The fourth-order valence-corrected chi connectivity index (χ4v) is 3.52. The highest BCUT2D eigenvalue weighted by atomic mass is 79.9. The average Bonchev–Trinajstić information content (AvgIpc) is 3.01. The van der Waals surface area contributed by atoms with Crippen molar-refractivity contribution in [2.24, 2.45) is 7.05 Å². The number of carbonyl (C=O) groups excluding carboxylic acids is 1. The van der Waals surface area contributed by atoms with E-state index in [2.05, 4.69) is 30.9 Å². The lowest BCUT2D eigenvalue weighted by Crippen LogP contribution is -2.45. The normalized spacial score (nSPS) is 15.7. The van der Waals surface area contributed by atoms with E-state index in [1.807, 2.05) is 37.5 Å². The number of hydrogen-bond donors (Lipinski definition) is 0. The molecule has 0 spiro atoms. The van der Waals surface area contributed by atoms with E-state index in [1.54, 1.807) is 17.1 Å². The van der Waals surface area contributed by atoms with Gasteiger partial charge in [0, 0.05) is 51.8 Å². The molecule has 0 N–H and O–H groups in total. The van der Waals surface area contributed by atoms with Gasteiger partial charge in [-0.3, -0.25) is 14.5 Å². The van der Waals surface area contributed by atoms with Gasteiger partial charge < -0.3 is 9.80 Å². The van der Waals surface area contributed by atoms with Crippen molar-refractivity contribution in [3.05, 3.63) is 40.9 Å². The number of amides is 1. The van der Waals surface area contributed by atoms with Crippen molar-refractivity contribution in [1.29, 1.82) is 0 Å². The Morgan fingerprint density at radius 2 is 2.09 bits per heavy atom. The largest absolute Gasteiger partial charge is 0.370 e. The van der Waals surface area contributed by atoms with E-state index in [9.17, 15) is 4.79 Å². The number of carbonyl (C=O) groups is 1. The van der Waals surface area contributed by atoms with E-state index in [4.69, 9.17) is 0 Å². The Kier molecular flexibility index (Phi) is 4.66. The minimum atomic E-state index is 0.0432. The summed E-state index contributed by atoms with van der Waals surface area (Å²) in [5, 5.41) is 4.08. The van der Waals surface area contributed by atoms with Crippen LogP contribution in [0.2, 0.25) is 0 Å².